The molecule has 0 amide bonds. The van der Waals surface area contributed by atoms with Crippen molar-refractivity contribution in [3.63, 3.8) is 0 Å². The van der Waals surface area contributed by atoms with Gasteiger partial charge >= 0.3 is 0 Å². The minimum Gasteiger partial charge on any atom is -0.494 e. The van der Waals surface area contributed by atoms with Gasteiger partial charge in [-0.05, 0) is 78.1 Å². The van der Waals surface area contributed by atoms with Crippen LogP contribution in [-0.2, 0) is 27.5 Å². The average molecular weight is 778 g/mol. The highest BCUT2D eigenvalue weighted by Gasteiger charge is 2.33. The fourth-order valence-electron chi connectivity index (χ4n) is 7.37. The van der Waals surface area contributed by atoms with E-state index in [-0.39, 0.29) is 12.6 Å². The molecule has 10 heteroatoms. The van der Waals surface area contributed by atoms with E-state index in [1.807, 2.05) is 67.6 Å². The molecule has 0 fully saturated rings. The third-order valence-corrected chi connectivity index (χ3v) is 16.4. The zero-order valence-corrected chi connectivity index (χ0v) is 34.6. The maximum atomic E-state index is 13.1. The molecule has 0 saturated heterocycles. The average Bonchev–Trinajstić information content (AvgIpc) is 3.50. The van der Waals surface area contributed by atoms with Crippen molar-refractivity contribution in [3.8, 4) is 11.5 Å². The molecule has 8 nitrogen and oxygen atoms in total. The zero-order chi connectivity index (χ0) is 38.8. The number of sulfonamides is 1. The van der Waals surface area contributed by atoms with Gasteiger partial charge in [-0.1, -0.05) is 93.6 Å². The molecule has 0 aliphatic rings. The van der Waals surface area contributed by atoms with Gasteiger partial charge in [0, 0.05) is 42.5 Å². The predicted octanol–water partition coefficient (Wildman–Crippen LogP) is 9.94. The fraction of sp³-hybridized carbons (Fsp3) is 0.333. The molecule has 6 rings (SSSR count). The lowest BCUT2D eigenvalue weighted by Crippen LogP contribution is -2.40. The number of fused-ring (bicyclic) bond motifs is 3. The number of ether oxygens (including phenoxy) is 2. The van der Waals surface area contributed by atoms with Crippen LogP contribution >= 0.6 is 0 Å². The molecule has 5 aromatic carbocycles. The van der Waals surface area contributed by atoms with Crippen molar-refractivity contribution in [1.29, 1.82) is 0 Å². The first-order chi connectivity index (χ1) is 26.7. The zero-order valence-electron chi connectivity index (χ0n) is 32.8. The van der Waals surface area contributed by atoms with Crippen molar-refractivity contribution in [3.05, 3.63) is 138 Å². The van der Waals surface area contributed by atoms with Crippen LogP contribution in [0.1, 0.15) is 50.5 Å². The van der Waals surface area contributed by atoms with Gasteiger partial charge in [-0.15, -0.1) is 0 Å². The van der Waals surface area contributed by atoms with Crippen LogP contribution in [0.25, 0.3) is 21.8 Å². The first kappa shape index (κ1) is 40.1. The van der Waals surface area contributed by atoms with Crippen LogP contribution in [0.15, 0.2) is 121 Å². The summed E-state index contributed by atoms with van der Waals surface area (Å²) in [4.78, 5) is 0. The maximum Gasteiger partial charge on any atom is 0.232 e. The third-order valence-electron chi connectivity index (χ3n) is 10.6. The molecule has 0 aliphatic carbocycles. The highest BCUT2D eigenvalue weighted by Crippen LogP contribution is 2.35. The van der Waals surface area contributed by atoms with Crippen molar-refractivity contribution in [2.24, 2.45) is 0 Å². The van der Waals surface area contributed by atoms with Gasteiger partial charge in [0.2, 0.25) is 10.0 Å². The molecule has 55 heavy (non-hydrogen) atoms. The highest BCUT2D eigenvalue weighted by molar-refractivity contribution is 7.92. The van der Waals surface area contributed by atoms with Gasteiger partial charge in [0.25, 0.3) is 0 Å². The van der Waals surface area contributed by atoms with Crippen molar-refractivity contribution >= 4 is 45.8 Å². The number of nitrogens with one attached hydrogen (secondary N) is 1. The topological polar surface area (TPSA) is 82.0 Å². The Bertz CT molecular complexity index is 2250. The smallest absolute Gasteiger partial charge is 0.232 e. The first-order valence-corrected chi connectivity index (χ1v) is 23.9. The summed E-state index contributed by atoms with van der Waals surface area (Å²) in [5, 5.41) is 5.97. The van der Waals surface area contributed by atoms with Gasteiger partial charge in [0.05, 0.1) is 42.2 Å². The van der Waals surface area contributed by atoms with Gasteiger partial charge < -0.3 is 23.8 Å². The minimum atomic E-state index is -3.54. The van der Waals surface area contributed by atoms with E-state index >= 15 is 0 Å². The molecule has 1 heterocycles. The Morgan fingerprint density at radius 3 is 1.89 bits per heavy atom. The molecule has 1 aromatic heterocycles. The lowest BCUT2D eigenvalue weighted by molar-refractivity contribution is 0.183. The van der Waals surface area contributed by atoms with Crippen LogP contribution in [0, 0.1) is 0 Å². The van der Waals surface area contributed by atoms with Crippen LogP contribution in [0.3, 0.4) is 0 Å². The van der Waals surface area contributed by atoms with Crippen LogP contribution in [0.2, 0.25) is 18.1 Å². The molecule has 0 spiro atoms. The number of anilines is 1. The molecule has 0 aliphatic heterocycles. The molecule has 290 valence electrons. The van der Waals surface area contributed by atoms with Gasteiger partial charge in [-0.25, -0.2) is 8.42 Å². The SMILES string of the molecule is CCOc1ccc2c3ccc(OCCNC[C@H](O[Si](CC)(CC)CC)c4cccc(N(Cc5ccccc5)S(C)(=O)=O)c4)cc3n(Cc3ccccc3)c2c1. The minimum absolute atomic E-state index is 0.240. The second-order valence-electron chi connectivity index (χ2n) is 14.1. The molecular formula is C45H55N3O5SSi. The molecule has 1 atom stereocenters. The third kappa shape index (κ3) is 9.80. The van der Waals surface area contributed by atoms with E-state index in [0.717, 1.165) is 58.3 Å². The Kier molecular flexibility index (Phi) is 13.4. The lowest BCUT2D eigenvalue weighted by Gasteiger charge is -2.34. The second kappa shape index (κ2) is 18.3. The number of hydrogen-bond donors (Lipinski definition) is 1. The molecule has 1 N–H and O–H groups in total. The summed E-state index contributed by atoms with van der Waals surface area (Å²) in [6, 6.07) is 43.8. The van der Waals surface area contributed by atoms with Crippen molar-refractivity contribution < 1.29 is 22.3 Å². The molecule has 0 radical (unpaired) electrons. The maximum absolute atomic E-state index is 13.1. The van der Waals surface area contributed by atoms with Gasteiger partial charge in [0.15, 0.2) is 8.32 Å². The van der Waals surface area contributed by atoms with E-state index in [1.165, 1.54) is 26.9 Å². The summed E-state index contributed by atoms with van der Waals surface area (Å²) < 4.78 is 49.3. The number of aromatic nitrogens is 1. The van der Waals surface area contributed by atoms with E-state index in [0.29, 0.717) is 32.0 Å². The summed E-state index contributed by atoms with van der Waals surface area (Å²) in [7, 11) is -5.56. The van der Waals surface area contributed by atoms with Gasteiger partial charge in [-0.3, -0.25) is 4.31 Å². The molecule has 0 bridgehead atoms. The standard InChI is InChI=1S/C45H55N3O5SSi/c1-6-51-39-23-25-41-42-26-24-40(31-44(42)47(43(41)30-39)33-35-17-12-10-13-18-35)52-28-27-46-32-45(53-55(7-2,8-3)9-4)37-21-16-22-38(29-37)48(54(5,49)50)34-36-19-14-11-15-20-36/h10-26,29-31,45-46H,6-9,27-28,32-34H2,1-5H3/t45-/m0/s1. The Morgan fingerprint density at radius 2 is 1.31 bits per heavy atom. The summed E-state index contributed by atoms with van der Waals surface area (Å²) in [5.41, 5.74) is 5.99. The van der Waals surface area contributed by atoms with Crippen LogP contribution in [-0.4, -0.2) is 53.9 Å². The first-order valence-electron chi connectivity index (χ1n) is 19.5. The predicted molar refractivity (Wildman–Crippen MR) is 229 cm³/mol. The van der Waals surface area contributed by atoms with Crippen LogP contribution in [0.4, 0.5) is 5.69 Å². The van der Waals surface area contributed by atoms with E-state index < -0.39 is 18.3 Å². The molecule has 0 saturated carbocycles. The monoisotopic (exact) mass is 777 g/mol. The highest BCUT2D eigenvalue weighted by atomic mass is 32.2. The van der Waals surface area contributed by atoms with Crippen molar-refractivity contribution in [2.45, 2.75) is 65.0 Å². The largest absolute Gasteiger partial charge is 0.494 e. The van der Waals surface area contributed by atoms with E-state index in [9.17, 15) is 8.42 Å². The number of rotatable bonds is 20. The molecule has 0 unspecified atom stereocenters. The normalized spacial score (nSPS) is 12.6. The van der Waals surface area contributed by atoms with Crippen LogP contribution in [0.5, 0.6) is 11.5 Å². The fourth-order valence-corrected chi connectivity index (χ4v) is 11.1. The summed E-state index contributed by atoms with van der Waals surface area (Å²) in [6.07, 6.45) is 1.02. The second-order valence-corrected chi connectivity index (χ2v) is 20.7. The lowest BCUT2D eigenvalue weighted by atomic mass is 10.1. The van der Waals surface area contributed by atoms with Crippen molar-refractivity contribution in [2.75, 3.05) is 36.9 Å². The Labute approximate surface area is 328 Å². The molecule has 6 aromatic rings. The van der Waals surface area contributed by atoms with Crippen molar-refractivity contribution in [1.82, 2.24) is 9.88 Å². The molecular weight excluding hydrogens is 723 g/mol. The van der Waals surface area contributed by atoms with Crippen LogP contribution < -0.4 is 19.1 Å². The van der Waals surface area contributed by atoms with Gasteiger partial charge in [0.1, 0.15) is 18.1 Å². The Hall–Kier alpha value is -4.61. The summed E-state index contributed by atoms with van der Waals surface area (Å²) in [5.74, 6) is 1.67. The summed E-state index contributed by atoms with van der Waals surface area (Å²) in [6.45, 7) is 12.0. The van der Waals surface area contributed by atoms with E-state index in [1.54, 1.807) is 0 Å². The van der Waals surface area contributed by atoms with Gasteiger partial charge in [-0.2, -0.15) is 0 Å². The summed E-state index contributed by atoms with van der Waals surface area (Å²) >= 11 is 0. The Balaban J connectivity index is 1.19. The quantitative estimate of drug-likeness (QED) is 0.0614. The number of hydrogen-bond acceptors (Lipinski definition) is 6. The van der Waals surface area contributed by atoms with E-state index in [2.05, 4.69) is 91.3 Å². The van der Waals surface area contributed by atoms with E-state index in [4.69, 9.17) is 13.9 Å². The number of benzene rings is 5. The number of nitrogens with zero attached hydrogens (tertiary/aromatic N) is 2. The Morgan fingerprint density at radius 1 is 0.709 bits per heavy atom.